The molecule has 2 aromatic rings. The quantitative estimate of drug-likeness (QED) is 0.830. The molecule has 0 atom stereocenters. The van der Waals surface area contributed by atoms with Gasteiger partial charge in [0.05, 0.1) is 5.56 Å². The van der Waals surface area contributed by atoms with Gasteiger partial charge in [0, 0.05) is 6.54 Å². The van der Waals surface area contributed by atoms with Crippen LogP contribution in [0.2, 0.25) is 0 Å². The van der Waals surface area contributed by atoms with Crippen molar-refractivity contribution in [3.63, 3.8) is 0 Å². The van der Waals surface area contributed by atoms with Crippen molar-refractivity contribution in [3.05, 3.63) is 36.0 Å². The Morgan fingerprint density at radius 3 is 3.00 bits per heavy atom. The van der Waals surface area contributed by atoms with Crippen molar-refractivity contribution in [2.75, 3.05) is 7.05 Å². The van der Waals surface area contributed by atoms with Gasteiger partial charge < -0.3 is 9.73 Å². The number of halogens is 1. The maximum atomic E-state index is 13.4. The second-order valence-electron chi connectivity index (χ2n) is 3.09. The van der Waals surface area contributed by atoms with Crippen LogP contribution in [-0.4, -0.2) is 17.2 Å². The summed E-state index contributed by atoms with van der Waals surface area (Å²) in [4.78, 5) is 0. The molecule has 0 bridgehead atoms. The van der Waals surface area contributed by atoms with Crippen LogP contribution in [0.25, 0.3) is 11.5 Å². The molecule has 78 valence electrons. The fraction of sp³-hybridized carbons (Fsp3) is 0.200. The number of nitrogens with one attached hydrogen (secondary N) is 1. The zero-order chi connectivity index (χ0) is 10.7. The minimum absolute atomic E-state index is 0.199. The molecular formula is C10H10FN3O. The van der Waals surface area contributed by atoms with Crippen molar-refractivity contribution in [1.82, 2.24) is 15.5 Å². The van der Waals surface area contributed by atoms with Crippen LogP contribution in [0.15, 0.2) is 29.0 Å². The number of benzene rings is 1. The highest BCUT2D eigenvalue weighted by Gasteiger charge is 2.10. The zero-order valence-corrected chi connectivity index (χ0v) is 8.20. The molecule has 1 N–H and O–H groups in total. The van der Waals surface area contributed by atoms with Gasteiger partial charge in [0.15, 0.2) is 0 Å². The van der Waals surface area contributed by atoms with Crippen LogP contribution < -0.4 is 5.32 Å². The van der Waals surface area contributed by atoms with Crippen LogP contribution in [0, 0.1) is 5.82 Å². The van der Waals surface area contributed by atoms with Crippen LogP contribution in [0.5, 0.6) is 0 Å². The second-order valence-corrected chi connectivity index (χ2v) is 3.09. The maximum absolute atomic E-state index is 13.4. The number of hydrogen-bond acceptors (Lipinski definition) is 4. The average molecular weight is 207 g/mol. The average Bonchev–Trinajstić information content (AvgIpc) is 2.74. The van der Waals surface area contributed by atoms with E-state index in [2.05, 4.69) is 15.5 Å². The van der Waals surface area contributed by atoms with Crippen molar-refractivity contribution in [2.24, 2.45) is 0 Å². The summed E-state index contributed by atoms with van der Waals surface area (Å²) in [6, 6.07) is 4.80. The number of rotatable bonds is 3. The first-order valence-corrected chi connectivity index (χ1v) is 4.51. The summed E-state index contributed by atoms with van der Waals surface area (Å²) in [7, 11) is 1.83. The van der Waals surface area contributed by atoms with Gasteiger partial charge in [-0.25, -0.2) is 4.39 Å². The fourth-order valence-corrected chi connectivity index (χ4v) is 1.34. The summed E-state index contributed by atoms with van der Waals surface area (Å²) < 4.78 is 18.4. The second kappa shape index (κ2) is 4.18. The Hall–Kier alpha value is -1.75. The summed E-state index contributed by atoms with van der Waals surface area (Å²) in [6.45, 7) is 0.668. The topological polar surface area (TPSA) is 51.0 Å². The third kappa shape index (κ3) is 2.02. The first-order chi connectivity index (χ1) is 7.31. The van der Waals surface area contributed by atoms with E-state index in [9.17, 15) is 4.39 Å². The van der Waals surface area contributed by atoms with Gasteiger partial charge in [-0.15, -0.1) is 10.2 Å². The summed E-state index contributed by atoms with van der Waals surface area (Å²) in [5.41, 5.74) is 1.30. The van der Waals surface area contributed by atoms with E-state index >= 15 is 0 Å². The Kier molecular flexibility index (Phi) is 2.73. The summed E-state index contributed by atoms with van der Waals surface area (Å²) >= 11 is 0. The predicted octanol–water partition coefficient (Wildman–Crippen LogP) is 1.60. The Labute approximate surface area is 86.1 Å². The molecule has 0 amide bonds. The van der Waals surface area contributed by atoms with Gasteiger partial charge in [-0.1, -0.05) is 6.07 Å². The van der Waals surface area contributed by atoms with E-state index < -0.39 is 0 Å². The van der Waals surface area contributed by atoms with Crippen molar-refractivity contribution >= 4 is 0 Å². The van der Waals surface area contributed by atoms with Gasteiger partial charge in [-0.3, -0.25) is 0 Å². The molecule has 15 heavy (non-hydrogen) atoms. The summed E-state index contributed by atoms with van der Waals surface area (Å²) in [6.07, 6.45) is 1.18. The molecule has 0 aliphatic carbocycles. The lowest BCUT2D eigenvalue weighted by Crippen LogP contribution is -2.05. The van der Waals surface area contributed by atoms with Crippen molar-refractivity contribution in [2.45, 2.75) is 6.54 Å². The summed E-state index contributed by atoms with van der Waals surface area (Å²) in [5, 5.41) is 10.2. The van der Waals surface area contributed by atoms with E-state index in [1.165, 1.54) is 12.5 Å². The Morgan fingerprint density at radius 1 is 1.47 bits per heavy atom. The van der Waals surface area contributed by atoms with E-state index in [1.807, 2.05) is 7.05 Å². The minimum atomic E-state index is -0.362. The smallest absolute Gasteiger partial charge is 0.250 e. The molecule has 0 unspecified atom stereocenters. The number of aromatic nitrogens is 2. The Morgan fingerprint density at radius 2 is 2.33 bits per heavy atom. The molecule has 1 heterocycles. The molecule has 0 spiro atoms. The van der Waals surface area contributed by atoms with Crippen molar-refractivity contribution in [1.29, 1.82) is 0 Å². The molecular weight excluding hydrogens is 197 g/mol. The molecule has 1 aromatic heterocycles. The van der Waals surface area contributed by atoms with E-state index in [0.717, 1.165) is 5.56 Å². The van der Waals surface area contributed by atoms with Gasteiger partial charge in [-0.05, 0) is 24.7 Å². The highest BCUT2D eigenvalue weighted by Crippen LogP contribution is 2.21. The van der Waals surface area contributed by atoms with Crippen LogP contribution in [0.1, 0.15) is 5.56 Å². The van der Waals surface area contributed by atoms with Crippen LogP contribution >= 0.6 is 0 Å². The van der Waals surface area contributed by atoms with Gasteiger partial charge in [-0.2, -0.15) is 0 Å². The largest absolute Gasteiger partial charge is 0.423 e. The monoisotopic (exact) mass is 207 g/mol. The Bertz CT molecular complexity index is 442. The molecule has 0 saturated heterocycles. The third-order valence-corrected chi connectivity index (χ3v) is 2.00. The highest BCUT2D eigenvalue weighted by atomic mass is 19.1. The van der Waals surface area contributed by atoms with E-state index in [1.54, 1.807) is 12.1 Å². The van der Waals surface area contributed by atoms with Crippen molar-refractivity contribution in [3.8, 4) is 11.5 Å². The van der Waals surface area contributed by atoms with Gasteiger partial charge in [0.25, 0.3) is 0 Å². The third-order valence-electron chi connectivity index (χ3n) is 2.00. The zero-order valence-electron chi connectivity index (χ0n) is 8.20. The normalized spacial score (nSPS) is 10.5. The molecule has 0 radical (unpaired) electrons. The van der Waals surface area contributed by atoms with Gasteiger partial charge in [0.1, 0.15) is 5.82 Å². The molecule has 0 aliphatic heterocycles. The lowest BCUT2D eigenvalue weighted by Gasteiger charge is -2.02. The molecule has 4 nitrogen and oxygen atoms in total. The number of hydrogen-bond donors (Lipinski definition) is 1. The summed E-state index contributed by atoms with van der Waals surface area (Å²) in [5.74, 6) is -0.162. The maximum Gasteiger partial charge on any atom is 0.250 e. The molecule has 1 aromatic carbocycles. The predicted molar refractivity (Wildman–Crippen MR) is 52.5 cm³/mol. The van der Waals surface area contributed by atoms with Crippen LogP contribution in [-0.2, 0) is 6.54 Å². The molecule has 0 saturated carbocycles. The fourth-order valence-electron chi connectivity index (χ4n) is 1.34. The lowest BCUT2D eigenvalue weighted by atomic mass is 10.1. The van der Waals surface area contributed by atoms with E-state index in [0.29, 0.717) is 12.1 Å². The van der Waals surface area contributed by atoms with E-state index in [-0.39, 0.29) is 11.7 Å². The minimum Gasteiger partial charge on any atom is -0.423 e. The van der Waals surface area contributed by atoms with E-state index in [4.69, 9.17) is 4.42 Å². The molecule has 0 fully saturated rings. The Balaban J connectivity index is 2.41. The SMILES string of the molecule is CNCc1ccc(F)c(-c2nnco2)c1. The van der Waals surface area contributed by atoms with Gasteiger partial charge >= 0.3 is 0 Å². The van der Waals surface area contributed by atoms with Crippen LogP contribution in [0.4, 0.5) is 4.39 Å². The lowest BCUT2D eigenvalue weighted by molar-refractivity contribution is 0.557. The number of nitrogens with zero attached hydrogens (tertiary/aromatic N) is 2. The molecule has 0 aliphatic rings. The molecule has 5 heteroatoms. The van der Waals surface area contributed by atoms with Crippen LogP contribution in [0.3, 0.4) is 0 Å². The first-order valence-electron chi connectivity index (χ1n) is 4.51. The first kappa shape index (κ1) is 9.79. The molecule has 2 rings (SSSR count). The highest BCUT2D eigenvalue weighted by molar-refractivity contribution is 5.54. The van der Waals surface area contributed by atoms with Gasteiger partial charge in [0.2, 0.25) is 12.3 Å². The standard InChI is InChI=1S/C10H10FN3O/c1-12-5-7-2-3-9(11)8(4-7)10-14-13-6-15-10/h2-4,6,12H,5H2,1H3. The van der Waals surface area contributed by atoms with Crippen molar-refractivity contribution < 1.29 is 8.81 Å².